The number of H-pyrrole nitrogens is 1. The quantitative estimate of drug-likeness (QED) is 0.00757. The molecule has 2 heterocycles. The lowest BCUT2D eigenvalue weighted by molar-refractivity contribution is -0.126. The van der Waals surface area contributed by atoms with Crippen molar-refractivity contribution in [3.05, 3.63) is 108 Å². The van der Waals surface area contributed by atoms with Crippen LogP contribution in [0.1, 0.15) is 56.7 Å². The molecule has 1 aromatic heterocycles. The van der Waals surface area contributed by atoms with Crippen LogP contribution in [0.2, 0.25) is 0 Å². The van der Waals surface area contributed by atoms with Gasteiger partial charge in [-0.3, -0.25) is 28.5 Å². The van der Waals surface area contributed by atoms with E-state index in [9.17, 15) is 47.5 Å². The molecule has 1 aliphatic heterocycles. The van der Waals surface area contributed by atoms with Gasteiger partial charge in [-0.1, -0.05) is 62.8 Å². The van der Waals surface area contributed by atoms with Crippen LogP contribution >= 0.6 is 45.1 Å². The van der Waals surface area contributed by atoms with E-state index in [1.165, 1.54) is 33.7 Å². The number of amides is 2. The van der Waals surface area contributed by atoms with E-state index in [0.717, 1.165) is 10.8 Å². The molecule has 2 amide bonds. The van der Waals surface area contributed by atoms with E-state index in [1.54, 1.807) is 43.4 Å². The van der Waals surface area contributed by atoms with Gasteiger partial charge in [0.1, 0.15) is 43.0 Å². The summed E-state index contributed by atoms with van der Waals surface area (Å²) in [6.07, 6.45) is -2.92. The smallest absolute Gasteiger partial charge is 0.490 e. The van der Waals surface area contributed by atoms with Crippen molar-refractivity contribution in [2.24, 2.45) is 5.11 Å². The van der Waals surface area contributed by atoms with E-state index in [4.69, 9.17) is 43.5 Å². The lowest BCUT2D eigenvalue weighted by Crippen LogP contribution is -2.34. The number of nitrogens with zero attached hydrogens (tertiary/aromatic N) is 4. The average molecular weight is 1090 g/mol. The summed E-state index contributed by atoms with van der Waals surface area (Å²) in [7, 11) is -12.6. The second kappa shape index (κ2) is 28.4. The highest BCUT2D eigenvalue weighted by molar-refractivity contribution is 8.76. The number of benzene rings is 2. The third-order valence-corrected chi connectivity index (χ3v) is 15.1. The van der Waals surface area contributed by atoms with Crippen LogP contribution in [0.15, 0.2) is 69.4 Å². The lowest BCUT2D eigenvalue weighted by Gasteiger charge is -2.22. The molecule has 5 unspecified atom stereocenters. The molecule has 1 saturated heterocycles. The molecule has 33 heteroatoms. The predicted octanol–water partition coefficient (Wildman–Crippen LogP) is 2.63. The van der Waals surface area contributed by atoms with Crippen LogP contribution in [-0.2, 0) is 50.6 Å². The normalized spacial score (nSPS) is 18.0. The van der Waals surface area contributed by atoms with Crippen molar-refractivity contribution in [2.75, 3.05) is 66.0 Å². The van der Waals surface area contributed by atoms with Gasteiger partial charge in [0.15, 0.2) is 6.23 Å². The van der Waals surface area contributed by atoms with E-state index in [1.807, 2.05) is 13.2 Å². The van der Waals surface area contributed by atoms with Gasteiger partial charge < -0.3 is 59.2 Å². The Bertz CT molecular complexity index is 2710. The number of carbonyl (C=O) groups is 3. The molecule has 3 aromatic rings. The first-order valence-electron chi connectivity index (χ1n) is 20.6. The molecule has 71 heavy (non-hydrogen) atoms. The number of hydrogen-bond donors (Lipinski definition) is 8. The largest absolute Gasteiger partial charge is 0.491 e. The summed E-state index contributed by atoms with van der Waals surface area (Å²) < 4.78 is 76.8. The van der Waals surface area contributed by atoms with Gasteiger partial charge in [0, 0.05) is 41.4 Å². The van der Waals surface area contributed by atoms with Crippen LogP contribution in [0.4, 0.5) is 0 Å². The number of nitrogens with one attached hydrogen (secondary N) is 4. The fraction of sp³-hybridized carbons (Fsp3) is 0.447. The molecular weight excluding hydrogens is 1050 g/mol. The Labute approximate surface area is 411 Å². The number of hydrogen-bond acceptors (Lipinski definition) is 20. The third kappa shape index (κ3) is 20.3. The number of likely N-dealkylation sites (N-methyl/N-ethyl adjacent to an activating group) is 1. The standard InChI is InChI=1S/C38H49N8O20P3S2/c1-24(71-70-3)28-11-4-5-12-29(28)37(50)64-30-19-34(63-31(30)21-62-68(55,56)66-69(57,58)65-67(52,53)54)46-20-26(36(49)43-38(46)51)9-7-13-41-32(47)22-59-16-17-60-33(44-45-39)23-61-27-10-6-8-25(18-27)35(48)42-15-14-40-2/h4-6,8,10-12,18,20,24,30-31,33-34,40H,13-17,19,21-23H2,1-3H3,(H,41,47)(H,42,48)(H,55,56)(H,57,58)(H,43,49,51)(H2,52,53,54)/t24?,30?,31-,33?,34-/m1/s1. The molecular formula is C38H49N8O20P3S2. The van der Waals surface area contributed by atoms with Crippen molar-refractivity contribution < 1.29 is 84.5 Å². The van der Waals surface area contributed by atoms with Gasteiger partial charge >= 0.3 is 35.1 Å². The summed E-state index contributed by atoms with van der Waals surface area (Å²) >= 11 is 0. The molecule has 0 radical (unpaired) electrons. The molecule has 388 valence electrons. The second-order valence-corrected chi connectivity index (χ2v) is 21.5. The highest BCUT2D eigenvalue weighted by Crippen LogP contribution is 2.66. The number of phosphoric acid groups is 3. The summed E-state index contributed by atoms with van der Waals surface area (Å²) in [4.78, 5) is 106. The van der Waals surface area contributed by atoms with Gasteiger partial charge in [0.05, 0.1) is 31.9 Å². The number of carbonyl (C=O) groups excluding carboxylic acids is 3. The molecule has 2 aromatic carbocycles. The number of aromatic nitrogens is 2. The molecule has 28 nitrogen and oxygen atoms in total. The summed E-state index contributed by atoms with van der Waals surface area (Å²) in [6.45, 7) is 0.632. The number of aromatic amines is 1. The van der Waals surface area contributed by atoms with Crippen LogP contribution in [-0.4, -0.2) is 131 Å². The molecule has 8 N–H and O–H groups in total. The van der Waals surface area contributed by atoms with Crippen LogP contribution in [0, 0.1) is 11.8 Å². The van der Waals surface area contributed by atoms with Gasteiger partial charge in [-0.25, -0.2) is 23.3 Å². The Hall–Kier alpha value is -4.85. The monoisotopic (exact) mass is 1090 g/mol. The van der Waals surface area contributed by atoms with Gasteiger partial charge in [0.25, 0.3) is 11.5 Å². The first kappa shape index (κ1) is 58.7. The molecule has 1 aliphatic rings. The van der Waals surface area contributed by atoms with Crippen molar-refractivity contribution >= 4 is 62.8 Å². The Morgan fingerprint density at radius 1 is 1.04 bits per heavy atom. The van der Waals surface area contributed by atoms with Gasteiger partial charge in [0.2, 0.25) is 5.91 Å². The van der Waals surface area contributed by atoms with Crippen molar-refractivity contribution in [3.8, 4) is 17.6 Å². The van der Waals surface area contributed by atoms with Gasteiger partial charge in [-0.2, -0.15) is 8.62 Å². The molecule has 0 saturated carbocycles. The Morgan fingerprint density at radius 3 is 2.52 bits per heavy atom. The molecule has 4 rings (SSSR count). The molecule has 1 fully saturated rings. The fourth-order valence-corrected chi connectivity index (χ4v) is 10.9. The number of esters is 1. The first-order chi connectivity index (χ1) is 33.6. The molecule has 0 aliphatic carbocycles. The number of ether oxygens (including phenoxy) is 5. The molecule has 7 atom stereocenters. The SMILES string of the molecule is CNCCNC(=O)c1cccc(OCC(N=[N+]=[N-])OCCOCC(=O)NCC#Cc2cn([C@H]3CC(OC(=O)c4ccccc4C(C)SSC)[C@@H](COP(=O)(O)OP(=O)(O)OP(=O)(O)O)O3)c(=O)[nH]c2=O)c1. The minimum absolute atomic E-state index is 0.109. The zero-order valence-corrected chi connectivity index (χ0v) is 42.0. The minimum Gasteiger partial charge on any atom is -0.491 e. The van der Waals surface area contributed by atoms with E-state index in [0.29, 0.717) is 30.0 Å². The average Bonchev–Trinajstić information content (AvgIpc) is 3.70. The summed E-state index contributed by atoms with van der Waals surface area (Å²) in [5, 5.41) is 11.5. The summed E-state index contributed by atoms with van der Waals surface area (Å²) in [5.74, 6) is 3.59. The van der Waals surface area contributed by atoms with Gasteiger partial charge in [-0.15, -0.1) is 0 Å². The highest BCUT2D eigenvalue weighted by Gasteiger charge is 2.44. The fourth-order valence-electron chi connectivity index (χ4n) is 6.05. The zero-order chi connectivity index (χ0) is 52.2. The Balaban J connectivity index is 1.35. The van der Waals surface area contributed by atoms with Crippen LogP contribution < -0.4 is 31.9 Å². The van der Waals surface area contributed by atoms with Crippen LogP contribution in [0.25, 0.3) is 10.4 Å². The first-order valence-corrected chi connectivity index (χ1v) is 27.7. The zero-order valence-electron chi connectivity index (χ0n) is 37.7. The van der Waals surface area contributed by atoms with E-state index in [-0.39, 0.29) is 55.1 Å². The maximum absolute atomic E-state index is 13.6. The maximum atomic E-state index is 13.6. The minimum atomic E-state index is -5.90. The van der Waals surface area contributed by atoms with Gasteiger partial charge in [-0.05, 0) is 55.6 Å². The van der Waals surface area contributed by atoms with E-state index in [2.05, 4.69) is 51.4 Å². The second-order valence-electron chi connectivity index (χ2n) is 14.3. The summed E-state index contributed by atoms with van der Waals surface area (Å²) in [5.41, 5.74) is 7.78. The van der Waals surface area contributed by atoms with E-state index < -0.39 is 84.5 Å². The Morgan fingerprint density at radius 2 is 1.80 bits per heavy atom. The molecule has 0 bridgehead atoms. The van der Waals surface area contributed by atoms with Crippen LogP contribution in [0.3, 0.4) is 0 Å². The predicted molar refractivity (Wildman–Crippen MR) is 253 cm³/mol. The summed E-state index contributed by atoms with van der Waals surface area (Å²) in [6, 6.07) is 12.8. The maximum Gasteiger partial charge on any atom is 0.490 e. The lowest BCUT2D eigenvalue weighted by atomic mass is 10.0. The topological polar surface area (TPSA) is 397 Å². The van der Waals surface area contributed by atoms with Crippen molar-refractivity contribution in [2.45, 2.75) is 43.3 Å². The molecule has 0 spiro atoms. The number of phosphoric ester groups is 1. The highest BCUT2D eigenvalue weighted by atomic mass is 33.1. The Kier molecular flexibility index (Phi) is 23.5. The number of rotatable bonds is 28. The number of azide groups is 1. The van der Waals surface area contributed by atoms with Crippen molar-refractivity contribution in [1.29, 1.82) is 0 Å². The third-order valence-electron chi connectivity index (χ3n) is 9.09. The van der Waals surface area contributed by atoms with Crippen LogP contribution in [0.5, 0.6) is 5.75 Å². The van der Waals surface area contributed by atoms with Crippen molar-refractivity contribution in [3.63, 3.8) is 0 Å². The van der Waals surface area contributed by atoms with Crippen molar-refractivity contribution in [1.82, 2.24) is 25.5 Å². The van der Waals surface area contributed by atoms with E-state index >= 15 is 0 Å².